The van der Waals surface area contributed by atoms with Crippen molar-refractivity contribution >= 4 is 18.0 Å². The van der Waals surface area contributed by atoms with Gasteiger partial charge in [-0.05, 0) is 71.2 Å². The second kappa shape index (κ2) is 8.87. The van der Waals surface area contributed by atoms with Gasteiger partial charge in [-0.15, -0.1) is 0 Å². The number of hydrogen-bond donors (Lipinski definition) is 1. The Morgan fingerprint density at radius 1 is 1.03 bits per heavy atom. The number of aromatic nitrogens is 2. The third kappa shape index (κ3) is 6.37. The highest BCUT2D eigenvalue weighted by molar-refractivity contribution is 6.08. The van der Waals surface area contributed by atoms with Crippen LogP contribution in [-0.2, 0) is 15.9 Å². The van der Waals surface area contributed by atoms with E-state index in [0.29, 0.717) is 16.0 Å². The first-order valence-corrected chi connectivity index (χ1v) is 9.71. The second-order valence-corrected chi connectivity index (χ2v) is 9.02. The summed E-state index contributed by atoms with van der Waals surface area (Å²) in [4.78, 5) is 33.8. The molecule has 2 rings (SSSR count). The maximum absolute atomic E-state index is 15.4. The Labute approximate surface area is 181 Å². The fraction of sp³-hybridized carbons (Fsp3) is 0.455. The van der Waals surface area contributed by atoms with Gasteiger partial charge in [-0.3, -0.25) is 4.98 Å². The maximum Gasteiger partial charge on any atom is 0.425 e. The van der Waals surface area contributed by atoms with Crippen LogP contribution in [0, 0.1) is 12.7 Å². The number of amides is 2. The molecule has 0 saturated carbocycles. The molecular weight excluding hydrogens is 405 g/mol. The Balaban J connectivity index is 2.50. The number of imide groups is 1. The molecule has 0 radical (unpaired) electrons. The summed E-state index contributed by atoms with van der Waals surface area (Å²) < 4.78 is 26.0. The molecule has 168 valence electrons. The highest BCUT2D eigenvalue weighted by atomic mass is 19.1. The Morgan fingerprint density at radius 3 is 2.10 bits per heavy atom. The molecule has 0 fully saturated rings. The van der Waals surface area contributed by atoms with Crippen LogP contribution < -0.4 is 4.90 Å². The second-order valence-electron chi connectivity index (χ2n) is 9.02. The van der Waals surface area contributed by atoms with E-state index in [1.807, 2.05) is 0 Å². The third-order valence-electron chi connectivity index (χ3n) is 3.99. The zero-order valence-electron chi connectivity index (χ0n) is 18.8. The monoisotopic (exact) mass is 433 g/mol. The predicted octanol–water partition coefficient (Wildman–Crippen LogP) is 4.90. The van der Waals surface area contributed by atoms with Crippen LogP contribution in [0.15, 0.2) is 24.7 Å². The lowest BCUT2D eigenvalue weighted by atomic mass is 10.0. The summed E-state index contributed by atoms with van der Waals surface area (Å²) in [7, 11) is 0. The van der Waals surface area contributed by atoms with Gasteiger partial charge in [0.1, 0.15) is 17.0 Å². The fourth-order valence-corrected chi connectivity index (χ4v) is 2.57. The van der Waals surface area contributed by atoms with Gasteiger partial charge < -0.3 is 14.6 Å². The molecule has 0 saturated heterocycles. The average molecular weight is 433 g/mol. The van der Waals surface area contributed by atoms with Crippen molar-refractivity contribution in [3.63, 3.8) is 0 Å². The zero-order valence-corrected chi connectivity index (χ0v) is 18.8. The summed E-state index contributed by atoms with van der Waals surface area (Å²) in [6.07, 6.45) is 1.92. The van der Waals surface area contributed by atoms with Crippen LogP contribution in [0.5, 0.6) is 5.75 Å². The molecule has 0 atom stereocenters. The summed E-state index contributed by atoms with van der Waals surface area (Å²) >= 11 is 0. The van der Waals surface area contributed by atoms with E-state index in [1.54, 1.807) is 48.5 Å². The Hall–Kier alpha value is -3.23. The van der Waals surface area contributed by atoms with E-state index in [1.165, 1.54) is 24.7 Å². The minimum atomic E-state index is -1.11. The van der Waals surface area contributed by atoms with Crippen LogP contribution in [0.2, 0.25) is 0 Å². The molecule has 0 aromatic carbocycles. The summed E-state index contributed by atoms with van der Waals surface area (Å²) in [5.41, 5.74) is -0.593. The SMILES string of the molecule is Cc1c(O)cncc1Cc1ccnc(N(C(=O)OC(C)(C)C)C(=O)OC(C)(C)C)c1F. The van der Waals surface area contributed by atoms with Crippen LogP contribution in [0.25, 0.3) is 0 Å². The van der Waals surface area contributed by atoms with Gasteiger partial charge in [0, 0.05) is 18.8 Å². The van der Waals surface area contributed by atoms with Crippen molar-refractivity contribution < 1.29 is 28.6 Å². The normalized spacial score (nSPS) is 11.7. The van der Waals surface area contributed by atoms with Crippen molar-refractivity contribution in [1.82, 2.24) is 9.97 Å². The number of ether oxygens (including phenoxy) is 2. The average Bonchev–Trinajstić information content (AvgIpc) is 2.59. The molecular formula is C22H28FN3O5. The molecule has 0 bridgehead atoms. The topological polar surface area (TPSA) is 102 Å². The van der Waals surface area contributed by atoms with Crippen LogP contribution in [-0.4, -0.2) is 38.5 Å². The summed E-state index contributed by atoms with van der Waals surface area (Å²) in [6, 6.07) is 1.42. The molecule has 2 amide bonds. The number of halogens is 1. The molecule has 2 heterocycles. The lowest BCUT2D eigenvalue weighted by molar-refractivity contribution is 0.0427. The molecule has 9 heteroatoms. The van der Waals surface area contributed by atoms with Gasteiger partial charge >= 0.3 is 12.2 Å². The fourth-order valence-electron chi connectivity index (χ4n) is 2.57. The van der Waals surface area contributed by atoms with Crippen molar-refractivity contribution in [2.45, 2.75) is 66.1 Å². The van der Waals surface area contributed by atoms with Crippen molar-refractivity contribution in [2.75, 3.05) is 4.90 Å². The predicted molar refractivity (Wildman–Crippen MR) is 113 cm³/mol. The molecule has 8 nitrogen and oxygen atoms in total. The van der Waals surface area contributed by atoms with Crippen molar-refractivity contribution in [3.05, 3.63) is 47.2 Å². The zero-order chi connectivity index (χ0) is 23.6. The Kier molecular flexibility index (Phi) is 6.88. The number of nitrogens with zero attached hydrogens (tertiary/aromatic N) is 3. The number of carbonyl (C=O) groups excluding carboxylic acids is 2. The molecule has 0 aliphatic carbocycles. The van der Waals surface area contributed by atoms with Crippen molar-refractivity contribution in [2.24, 2.45) is 0 Å². The van der Waals surface area contributed by atoms with Crippen LogP contribution in [0.4, 0.5) is 19.8 Å². The van der Waals surface area contributed by atoms with Crippen molar-refractivity contribution in [1.29, 1.82) is 0 Å². The first-order chi connectivity index (χ1) is 14.2. The van der Waals surface area contributed by atoms with Crippen LogP contribution in [0.3, 0.4) is 0 Å². The lowest BCUT2D eigenvalue weighted by Gasteiger charge is -2.28. The number of anilines is 1. The molecule has 0 aliphatic heterocycles. The van der Waals surface area contributed by atoms with Gasteiger partial charge in [-0.2, -0.15) is 4.90 Å². The van der Waals surface area contributed by atoms with Gasteiger partial charge in [-0.25, -0.2) is 19.0 Å². The molecule has 0 aliphatic rings. The minimum absolute atomic E-state index is 0.0173. The first-order valence-electron chi connectivity index (χ1n) is 9.71. The number of pyridine rings is 2. The van der Waals surface area contributed by atoms with Crippen molar-refractivity contribution in [3.8, 4) is 5.75 Å². The molecule has 2 aromatic heterocycles. The van der Waals surface area contributed by atoms with Gasteiger partial charge in [0.2, 0.25) is 0 Å². The number of hydrogen-bond acceptors (Lipinski definition) is 7. The van der Waals surface area contributed by atoms with E-state index in [9.17, 15) is 14.7 Å². The highest BCUT2D eigenvalue weighted by Gasteiger charge is 2.35. The smallest absolute Gasteiger partial charge is 0.425 e. The third-order valence-corrected chi connectivity index (χ3v) is 3.99. The Morgan fingerprint density at radius 2 is 1.58 bits per heavy atom. The Bertz CT molecular complexity index is 952. The summed E-state index contributed by atoms with van der Waals surface area (Å²) in [6.45, 7) is 11.4. The highest BCUT2D eigenvalue weighted by Crippen LogP contribution is 2.27. The molecule has 2 aromatic rings. The van der Waals surface area contributed by atoms with E-state index >= 15 is 4.39 Å². The van der Waals surface area contributed by atoms with E-state index in [-0.39, 0.29) is 17.7 Å². The molecule has 0 spiro atoms. The van der Waals surface area contributed by atoms with Gasteiger partial charge in [0.25, 0.3) is 0 Å². The van der Waals surface area contributed by atoms with Crippen LogP contribution >= 0.6 is 0 Å². The number of carbonyl (C=O) groups is 2. The maximum atomic E-state index is 15.4. The van der Waals surface area contributed by atoms with E-state index in [4.69, 9.17) is 9.47 Å². The quantitative estimate of drug-likeness (QED) is 0.735. The first kappa shape index (κ1) is 24.0. The van der Waals surface area contributed by atoms with Gasteiger partial charge in [0.15, 0.2) is 11.6 Å². The van der Waals surface area contributed by atoms with E-state index in [0.717, 1.165) is 0 Å². The standard InChI is InChI=1S/C22H28FN3O5/c1-13-15(11-24-12-16(13)27)10-14-8-9-25-18(17(14)23)26(19(28)30-21(2,3)4)20(29)31-22(5,6)7/h8-9,11-12,27H,10H2,1-7H3. The van der Waals surface area contributed by atoms with Crippen LogP contribution in [0.1, 0.15) is 58.2 Å². The number of aromatic hydroxyl groups is 1. The molecule has 1 N–H and O–H groups in total. The minimum Gasteiger partial charge on any atom is -0.506 e. The molecule has 0 unspecified atom stereocenters. The largest absolute Gasteiger partial charge is 0.506 e. The van der Waals surface area contributed by atoms with Gasteiger partial charge in [0.05, 0.1) is 6.20 Å². The summed E-state index contributed by atoms with van der Waals surface area (Å²) in [5, 5.41) is 9.85. The molecule has 31 heavy (non-hydrogen) atoms. The van der Waals surface area contributed by atoms with Gasteiger partial charge in [-0.1, -0.05) is 0 Å². The lowest BCUT2D eigenvalue weighted by Crippen LogP contribution is -2.44. The van der Waals surface area contributed by atoms with E-state index in [2.05, 4.69) is 9.97 Å². The number of rotatable bonds is 3. The summed E-state index contributed by atoms with van der Waals surface area (Å²) in [5.74, 6) is -1.44. The van der Waals surface area contributed by atoms with E-state index < -0.39 is 35.0 Å².